The van der Waals surface area contributed by atoms with Crippen molar-refractivity contribution in [3.63, 3.8) is 0 Å². The molecule has 0 saturated carbocycles. The lowest BCUT2D eigenvalue weighted by Crippen LogP contribution is -2.32. The number of guanidine groups is 1. The molecule has 0 saturated heterocycles. The van der Waals surface area contributed by atoms with E-state index < -0.39 is 0 Å². The van der Waals surface area contributed by atoms with Crippen LogP contribution in [0.1, 0.15) is 18.9 Å². The second kappa shape index (κ2) is 7.93. The minimum absolute atomic E-state index is 0. The average molecular weight is 370 g/mol. The van der Waals surface area contributed by atoms with E-state index in [0.29, 0.717) is 12.5 Å². The van der Waals surface area contributed by atoms with Gasteiger partial charge >= 0.3 is 0 Å². The molecule has 102 valence electrons. The highest BCUT2D eigenvalue weighted by molar-refractivity contribution is 14.0. The van der Waals surface area contributed by atoms with E-state index in [2.05, 4.69) is 22.2 Å². The minimum atomic E-state index is 0. The Hall–Kier alpha value is -1.37. The molecule has 5 heteroatoms. The third kappa shape index (κ3) is 4.34. The Labute approximate surface area is 130 Å². The molecule has 0 fully saturated rings. The standard InChI is InChI=1S/C14H18N4.HI/c1-2-8-17-14(15)18-10-12-6-3-5-11-7-4-9-16-13(11)12;/h3-7,9H,2,8,10H2,1H3,(H3,15,17,18);1H. The highest BCUT2D eigenvalue weighted by Gasteiger charge is 2.00. The maximum atomic E-state index is 5.77. The van der Waals surface area contributed by atoms with E-state index in [1.54, 1.807) is 6.20 Å². The Kier molecular flexibility index (Phi) is 6.55. The summed E-state index contributed by atoms with van der Waals surface area (Å²) in [7, 11) is 0. The molecule has 2 aromatic rings. The molecule has 0 amide bonds. The van der Waals surface area contributed by atoms with Crippen molar-refractivity contribution in [2.75, 3.05) is 6.54 Å². The predicted molar refractivity (Wildman–Crippen MR) is 90.8 cm³/mol. The Bertz CT molecular complexity index is 549. The monoisotopic (exact) mass is 370 g/mol. The molecule has 19 heavy (non-hydrogen) atoms. The summed E-state index contributed by atoms with van der Waals surface area (Å²) in [6.07, 6.45) is 2.83. The van der Waals surface area contributed by atoms with Crippen molar-refractivity contribution < 1.29 is 0 Å². The van der Waals surface area contributed by atoms with Crippen LogP contribution in [0.5, 0.6) is 0 Å². The van der Waals surface area contributed by atoms with Gasteiger partial charge in [-0.25, -0.2) is 4.99 Å². The number of hydrogen-bond donors (Lipinski definition) is 2. The fourth-order valence-corrected chi connectivity index (χ4v) is 1.77. The van der Waals surface area contributed by atoms with E-state index in [0.717, 1.165) is 29.4 Å². The van der Waals surface area contributed by atoms with Crippen molar-refractivity contribution in [2.24, 2.45) is 10.7 Å². The molecule has 0 unspecified atom stereocenters. The quantitative estimate of drug-likeness (QED) is 0.494. The molecule has 0 spiro atoms. The van der Waals surface area contributed by atoms with Crippen LogP contribution >= 0.6 is 24.0 Å². The normalized spacial score (nSPS) is 11.1. The SMILES string of the molecule is CCCNC(N)=NCc1cccc2cccnc12.I. The summed E-state index contributed by atoms with van der Waals surface area (Å²) in [4.78, 5) is 8.72. The summed E-state index contributed by atoms with van der Waals surface area (Å²) >= 11 is 0. The summed E-state index contributed by atoms with van der Waals surface area (Å²) < 4.78 is 0. The van der Waals surface area contributed by atoms with Gasteiger partial charge in [-0.05, 0) is 18.1 Å². The van der Waals surface area contributed by atoms with Crippen molar-refractivity contribution in [1.82, 2.24) is 10.3 Å². The van der Waals surface area contributed by atoms with E-state index in [4.69, 9.17) is 5.73 Å². The largest absolute Gasteiger partial charge is 0.370 e. The Morgan fingerprint density at radius 1 is 1.32 bits per heavy atom. The van der Waals surface area contributed by atoms with E-state index in [-0.39, 0.29) is 24.0 Å². The van der Waals surface area contributed by atoms with Crippen LogP contribution in [0.15, 0.2) is 41.5 Å². The Morgan fingerprint density at radius 2 is 2.11 bits per heavy atom. The lowest BCUT2D eigenvalue weighted by atomic mass is 10.1. The third-order valence-electron chi connectivity index (χ3n) is 2.69. The van der Waals surface area contributed by atoms with Crippen LogP contribution in [0.25, 0.3) is 10.9 Å². The molecule has 1 aromatic heterocycles. The maximum Gasteiger partial charge on any atom is 0.188 e. The molecule has 0 aliphatic rings. The van der Waals surface area contributed by atoms with Gasteiger partial charge in [0.15, 0.2) is 5.96 Å². The van der Waals surface area contributed by atoms with Crippen molar-refractivity contribution in [3.05, 3.63) is 42.1 Å². The van der Waals surface area contributed by atoms with Crippen LogP contribution in [0.2, 0.25) is 0 Å². The van der Waals surface area contributed by atoms with Crippen molar-refractivity contribution in [2.45, 2.75) is 19.9 Å². The first-order valence-electron chi connectivity index (χ1n) is 6.17. The molecular formula is C14H19IN4. The highest BCUT2D eigenvalue weighted by atomic mass is 127. The van der Waals surface area contributed by atoms with E-state index >= 15 is 0 Å². The maximum absolute atomic E-state index is 5.77. The van der Waals surface area contributed by atoms with Crippen LogP contribution in [0, 0.1) is 0 Å². The molecule has 3 N–H and O–H groups in total. The zero-order chi connectivity index (χ0) is 12.8. The lowest BCUT2D eigenvalue weighted by Gasteiger charge is -2.05. The van der Waals surface area contributed by atoms with Crippen molar-refractivity contribution in [1.29, 1.82) is 0 Å². The van der Waals surface area contributed by atoms with Gasteiger partial charge in [-0.2, -0.15) is 0 Å². The van der Waals surface area contributed by atoms with Crippen LogP contribution < -0.4 is 11.1 Å². The van der Waals surface area contributed by atoms with Gasteiger partial charge in [0.1, 0.15) is 0 Å². The number of halogens is 1. The number of rotatable bonds is 4. The van der Waals surface area contributed by atoms with Crippen LogP contribution in [-0.2, 0) is 6.54 Å². The number of aliphatic imine (C=N–C) groups is 1. The first-order valence-corrected chi connectivity index (χ1v) is 6.17. The number of nitrogens with one attached hydrogen (secondary N) is 1. The third-order valence-corrected chi connectivity index (χ3v) is 2.69. The highest BCUT2D eigenvalue weighted by Crippen LogP contribution is 2.16. The molecule has 0 bridgehead atoms. The molecule has 0 aliphatic carbocycles. The number of aromatic nitrogens is 1. The van der Waals surface area contributed by atoms with Gasteiger partial charge in [0.25, 0.3) is 0 Å². The number of nitrogens with two attached hydrogens (primary N) is 1. The van der Waals surface area contributed by atoms with Gasteiger partial charge in [0.05, 0.1) is 12.1 Å². The topological polar surface area (TPSA) is 63.3 Å². The number of benzene rings is 1. The molecule has 0 aliphatic heterocycles. The summed E-state index contributed by atoms with van der Waals surface area (Å²) in [5.74, 6) is 0.491. The van der Waals surface area contributed by atoms with Crippen LogP contribution in [-0.4, -0.2) is 17.5 Å². The molecule has 0 radical (unpaired) electrons. The van der Waals surface area contributed by atoms with E-state index in [9.17, 15) is 0 Å². The zero-order valence-corrected chi connectivity index (χ0v) is 13.3. The van der Waals surface area contributed by atoms with Crippen LogP contribution in [0.3, 0.4) is 0 Å². The molecule has 2 rings (SSSR count). The van der Waals surface area contributed by atoms with Crippen molar-refractivity contribution in [3.8, 4) is 0 Å². The van der Waals surface area contributed by atoms with Gasteiger partial charge in [-0.15, -0.1) is 24.0 Å². The van der Waals surface area contributed by atoms with Gasteiger partial charge < -0.3 is 11.1 Å². The summed E-state index contributed by atoms with van der Waals surface area (Å²) in [5.41, 5.74) is 7.85. The first-order chi connectivity index (χ1) is 8.81. The minimum Gasteiger partial charge on any atom is -0.370 e. The molecule has 1 heterocycles. The second-order valence-corrected chi connectivity index (χ2v) is 4.12. The summed E-state index contributed by atoms with van der Waals surface area (Å²) in [6, 6.07) is 10.1. The lowest BCUT2D eigenvalue weighted by molar-refractivity contribution is 0.825. The predicted octanol–water partition coefficient (Wildman–Crippen LogP) is 2.67. The fourth-order valence-electron chi connectivity index (χ4n) is 1.77. The first kappa shape index (κ1) is 15.7. The van der Waals surface area contributed by atoms with Gasteiger partial charge in [-0.1, -0.05) is 31.2 Å². The van der Waals surface area contributed by atoms with Gasteiger partial charge in [-0.3, -0.25) is 4.98 Å². The zero-order valence-electron chi connectivity index (χ0n) is 11.0. The second-order valence-electron chi connectivity index (χ2n) is 4.12. The fraction of sp³-hybridized carbons (Fsp3) is 0.286. The Morgan fingerprint density at radius 3 is 2.89 bits per heavy atom. The number of hydrogen-bond acceptors (Lipinski definition) is 2. The number of para-hydroxylation sites is 1. The smallest absolute Gasteiger partial charge is 0.188 e. The number of pyridine rings is 1. The summed E-state index contributed by atoms with van der Waals surface area (Å²) in [5, 5.41) is 4.19. The average Bonchev–Trinajstić information content (AvgIpc) is 2.42. The van der Waals surface area contributed by atoms with Crippen LogP contribution in [0.4, 0.5) is 0 Å². The summed E-state index contributed by atoms with van der Waals surface area (Å²) in [6.45, 7) is 3.49. The molecule has 1 aromatic carbocycles. The van der Waals surface area contributed by atoms with Crippen molar-refractivity contribution >= 4 is 40.8 Å². The molecule has 4 nitrogen and oxygen atoms in total. The number of fused-ring (bicyclic) bond motifs is 1. The molecular weight excluding hydrogens is 351 g/mol. The molecule has 0 atom stereocenters. The Balaban J connectivity index is 0.00000180. The van der Waals surface area contributed by atoms with Gasteiger partial charge in [0, 0.05) is 18.1 Å². The van der Waals surface area contributed by atoms with Gasteiger partial charge in [0.2, 0.25) is 0 Å². The van der Waals surface area contributed by atoms with E-state index in [1.807, 2.05) is 30.3 Å². The number of nitrogens with zero attached hydrogens (tertiary/aromatic N) is 2. The van der Waals surface area contributed by atoms with E-state index in [1.165, 1.54) is 0 Å².